The molecule has 8 heterocycles. The number of carbonyl (C=O) groups excluding carboxylic acids is 2. The predicted molar refractivity (Wildman–Crippen MR) is 301 cm³/mol. The summed E-state index contributed by atoms with van der Waals surface area (Å²) < 4.78 is 93.0. The van der Waals surface area contributed by atoms with Gasteiger partial charge in [-0.05, 0) is 109 Å². The molecule has 2 aromatic carbocycles. The van der Waals surface area contributed by atoms with Crippen LogP contribution in [0.3, 0.4) is 0 Å². The van der Waals surface area contributed by atoms with E-state index < -0.39 is 83.5 Å². The van der Waals surface area contributed by atoms with Crippen LogP contribution in [0.25, 0.3) is 0 Å². The van der Waals surface area contributed by atoms with Crippen LogP contribution < -0.4 is 0 Å². The first-order chi connectivity index (χ1) is 36.5. The van der Waals surface area contributed by atoms with Crippen molar-refractivity contribution in [2.45, 2.75) is 245 Å². The van der Waals surface area contributed by atoms with Gasteiger partial charge in [-0.15, -0.1) is 0 Å². The average molecular weight is 1170 g/mol. The third-order valence-electron chi connectivity index (χ3n) is 18.6. The molecule has 0 spiro atoms. The topological polar surface area (TPSA) is 151 Å². The van der Waals surface area contributed by atoms with Gasteiger partial charge in [0, 0.05) is 44.6 Å². The Kier molecular flexibility index (Phi) is 18.5. The molecule has 19 atom stereocenters. The number of unbranched alkanes of at least 4 members (excludes halogenated alkanes) is 1. The normalized spacial score (nSPS) is 36.0. The van der Waals surface area contributed by atoms with Crippen molar-refractivity contribution in [3.05, 3.63) is 89.4 Å². The number of Topliss-reactive ketones (excluding diaryl/α,β-unsaturated/α-hetero) is 1. The van der Waals surface area contributed by atoms with Gasteiger partial charge >= 0.3 is 5.97 Å². The largest absolute Gasteiger partial charge is 0.458 e. The highest BCUT2D eigenvalue weighted by Gasteiger charge is 2.69. The van der Waals surface area contributed by atoms with Gasteiger partial charge in [0.05, 0.1) is 53.2 Å². The molecular weight excluding hydrogens is 1080 g/mol. The van der Waals surface area contributed by atoms with Gasteiger partial charge in [0.15, 0.2) is 29.7 Å². The highest BCUT2D eigenvalue weighted by molar-refractivity contribution is 9.11. The fourth-order valence-electron chi connectivity index (χ4n) is 13.2. The number of hydrogen-bond acceptors (Lipinski definition) is 13. The van der Waals surface area contributed by atoms with Crippen LogP contribution in [-0.2, 0) is 57.0 Å². The minimum atomic E-state index is -4.28. The van der Waals surface area contributed by atoms with Gasteiger partial charge < -0.3 is 42.3 Å². The predicted octanol–water partition coefficient (Wildman–Crippen LogP) is 12.1. The standard InChI is InChI=1S/C61H87BrO13SSi/c1-12-13-22-42-30-37(3)39(5)49(68-42)33-50-52(40(6)48(71-50)29-36(2)35-67-77(10,11)60(7,8)9)58(76(65,66)45-23-18-15-19-24-45)46(63)32-43-25-26-47-53(69-43)57-56-55(72-47)54-51(73-56)34-61(74-54,75-57)28-27-44(31-38(4)62)70-59(64)41-20-16-14-17-21-41/h14-21,23-24,36-37,40,42-44,47-58H,4-5,12-13,22,25-35H2,1-3,6-11H3/t36-,37+,40-,42-,43+,44-,47-,48+,49+,50?,51+,52+,53-,54-,55-,56+,57-,58?,61-/m0/s1. The van der Waals surface area contributed by atoms with E-state index in [0.29, 0.717) is 68.0 Å². The monoisotopic (exact) mass is 1170 g/mol. The Morgan fingerprint density at radius 2 is 1.55 bits per heavy atom. The van der Waals surface area contributed by atoms with E-state index >= 15 is 13.2 Å². The number of fused-ring (bicyclic) bond motifs is 1. The Bertz CT molecular complexity index is 2510. The van der Waals surface area contributed by atoms with Crippen molar-refractivity contribution in [2.75, 3.05) is 6.61 Å². The maximum Gasteiger partial charge on any atom is 0.338 e. The first-order valence-corrected chi connectivity index (χ1v) is 34.1. The van der Waals surface area contributed by atoms with Crippen molar-refractivity contribution in [3.63, 3.8) is 0 Å². The Labute approximate surface area is 468 Å². The smallest absolute Gasteiger partial charge is 0.338 e. The second-order valence-electron chi connectivity index (χ2n) is 25.4. The van der Waals surface area contributed by atoms with Gasteiger partial charge in [-0.25, -0.2) is 13.2 Å². The van der Waals surface area contributed by atoms with Crippen LogP contribution in [0.2, 0.25) is 18.1 Å². The van der Waals surface area contributed by atoms with E-state index in [-0.39, 0.29) is 76.8 Å². The highest BCUT2D eigenvalue weighted by Crippen LogP contribution is 2.55. The van der Waals surface area contributed by atoms with Crippen molar-refractivity contribution in [3.8, 4) is 0 Å². The molecule has 8 fully saturated rings. The molecule has 0 aliphatic carbocycles. The molecule has 0 saturated carbocycles. The summed E-state index contributed by atoms with van der Waals surface area (Å²) in [5.41, 5.74) is 1.45. The second kappa shape index (κ2) is 24.1. The minimum Gasteiger partial charge on any atom is -0.458 e. The number of halogens is 1. The highest BCUT2D eigenvalue weighted by atomic mass is 79.9. The van der Waals surface area contributed by atoms with Crippen LogP contribution in [0.5, 0.6) is 0 Å². The third kappa shape index (κ3) is 12.9. The fourth-order valence-corrected chi connectivity index (χ4v) is 16.8. The van der Waals surface area contributed by atoms with Crippen LogP contribution in [0.15, 0.2) is 88.8 Å². The van der Waals surface area contributed by atoms with Crippen molar-refractivity contribution < 1.29 is 60.3 Å². The molecule has 8 saturated heterocycles. The van der Waals surface area contributed by atoms with Crippen LogP contribution in [0.4, 0.5) is 0 Å². The summed E-state index contributed by atoms with van der Waals surface area (Å²) in [6, 6.07) is 17.3. The molecule has 0 amide bonds. The Balaban J connectivity index is 0.968. The molecule has 10 rings (SSSR count). The summed E-state index contributed by atoms with van der Waals surface area (Å²) in [6.45, 7) is 29.0. The molecule has 0 radical (unpaired) electrons. The van der Waals surface area contributed by atoms with E-state index in [9.17, 15) is 4.79 Å². The molecule has 8 aliphatic rings. The van der Waals surface area contributed by atoms with Crippen LogP contribution in [0.1, 0.15) is 142 Å². The van der Waals surface area contributed by atoms with E-state index in [1.165, 1.54) is 0 Å². The molecule has 8 aliphatic heterocycles. The van der Waals surface area contributed by atoms with E-state index in [1.807, 2.05) is 6.07 Å². The number of rotatable bonds is 23. The molecule has 2 unspecified atom stereocenters. The van der Waals surface area contributed by atoms with Gasteiger partial charge in [0.25, 0.3) is 0 Å². The third-order valence-corrected chi connectivity index (χ3v) is 25.6. The van der Waals surface area contributed by atoms with Gasteiger partial charge in [-0.2, -0.15) is 0 Å². The maximum absolute atomic E-state index is 15.7. The number of sulfone groups is 1. The Morgan fingerprint density at radius 1 is 0.870 bits per heavy atom. The Hall–Kier alpha value is -2.61. The van der Waals surface area contributed by atoms with Crippen LogP contribution in [0, 0.1) is 23.7 Å². The average Bonchev–Trinajstić information content (AvgIpc) is 3.99. The molecule has 0 aromatic heterocycles. The lowest BCUT2D eigenvalue weighted by Gasteiger charge is -2.47. The number of benzene rings is 2. The van der Waals surface area contributed by atoms with Gasteiger partial charge in [0.2, 0.25) is 0 Å². The lowest BCUT2D eigenvalue weighted by molar-refractivity contribution is -0.292. The maximum atomic E-state index is 15.7. The second-order valence-corrected chi connectivity index (χ2v) is 33.4. The summed E-state index contributed by atoms with van der Waals surface area (Å²) >= 11 is 3.49. The van der Waals surface area contributed by atoms with Crippen molar-refractivity contribution in [1.82, 2.24) is 0 Å². The van der Waals surface area contributed by atoms with E-state index in [1.54, 1.807) is 54.6 Å². The number of hydrogen-bond donors (Lipinski definition) is 0. The van der Waals surface area contributed by atoms with Crippen LogP contribution >= 0.6 is 15.9 Å². The summed E-state index contributed by atoms with van der Waals surface area (Å²) in [4.78, 5) is 29.0. The molecule has 426 valence electrons. The molecule has 2 aromatic rings. The van der Waals surface area contributed by atoms with Crippen molar-refractivity contribution in [1.29, 1.82) is 0 Å². The zero-order valence-electron chi connectivity index (χ0n) is 47.1. The first-order valence-electron chi connectivity index (χ1n) is 28.8. The lowest BCUT2D eigenvalue weighted by Crippen LogP contribution is -2.62. The van der Waals surface area contributed by atoms with Crippen molar-refractivity contribution in [2.24, 2.45) is 23.7 Å². The number of ketones is 1. The SMILES string of the molecule is C=C(Br)C[C@H](CC[C@@]12C[C@H]3O[C@H]4[C@@H](O1)[C@H]1O[C@@H](CC(=O)C([C@H]5C(C[C@H]6O[C@@H](CCCC)C[C@@H](C)C6=C)O[C@H](C[C@H](C)CO[Si](C)(C)C(C)(C)C)[C@@H]5C)S(=O)(=O)c5ccccc5)CC[C@@H]1O[C@H]4[C@H]3O2)OC(=O)c1ccccc1. The lowest BCUT2D eigenvalue weighted by atomic mass is 9.78. The summed E-state index contributed by atoms with van der Waals surface area (Å²) in [5.74, 6) is -2.54. The summed E-state index contributed by atoms with van der Waals surface area (Å²) in [7, 11) is -6.34. The van der Waals surface area contributed by atoms with E-state index in [4.69, 9.17) is 42.3 Å². The quantitative estimate of drug-likeness (QED) is 0.0590. The molecule has 16 heteroatoms. The molecule has 6 bridgehead atoms. The van der Waals surface area contributed by atoms with E-state index in [0.717, 1.165) is 31.3 Å². The summed E-state index contributed by atoms with van der Waals surface area (Å²) in [6.07, 6.45) is 2.32. The minimum absolute atomic E-state index is 0.0475. The molecular formula is C61H87BrO13SSi. The number of esters is 1. The Morgan fingerprint density at radius 3 is 2.23 bits per heavy atom. The van der Waals surface area contributed by atoms with Crippen LogP contribution in [-0.4, -0.2) is 125 Å². The van der Waals surface area contributed by atoms with Gasteiger partial charge in [-0.1, -0.05) is 127 Å². The fraction of sp³-hybridized carbons (Fsp3) is 0.705. The molecule has 13 nitrogen and oxygen atoms in total. The zero-order chi connectivity index (χ0) is 55.2. The van der Waals surface area contributed by atoms with Gasteiger partial charge in [0.1, 0.15) is 41.9 Å². The van der Waals surface area contributed by atoms with Crippen molar-refractivity contribution >= 4 is 45.8 Å². The molecule has 0 N–H and O–H groups in total. The summed E-state index contributed by atoms with van der Waals surface area (Å²) in [5, 5.41) is -1.38. The van der Waals surface area contributed by atoms with E-state index in [2.05, 4.69) is 90.6 Å². The zero-order valence-corrected chi connectivity index (χ0v) is 50.5. The number of ether oxygens (including phenoxy) is 8. The molecule has 77 heavy (non-hydrogen) atoms. The first kappa shape index (κ1) is 59.0. The number of carbonyl (C=O) groups is 2. The van der Waals surface area contributed by atoms with Gasteiger partial charge in [-0.3, -0.25) is 4.79 Å².